The fourth-order valence-electron chi connectivity index (χ4n) is 1.63. The van der Waals surface area contributed by atoms with Crippen molar-refractivity contribution in [2.75, 3.05) is 13.2 Å². The average Bonchev–Trinajstić information content (AvgIpc) is 2.30. The van der Waals surface area contributed by atoms with Crippen molar-refractivity contribution >= 4 is 0 Å². The molecule has 0 bridgehead atoms. The zero-order valence-electron chi connectivity index (χ0n) is 9.96. The lowest BCUT2D eigenvalue weighted by atomic mass is 10.0. The molecule has 1 N–H and O–H groups in total. The number of aliphatic hydroxyl groups is 1. The van der Waals surface area contributed by atoms with Gasteiger partial charge in [-0.2, -0.15) is 0 Å². The van der Waals surface area contributed by atoms with E-state index >= 15 is 0 Å². The second-order valence-corrected chi connectivity index (χ2v) is 3.90. The summed E-state index contributed by atoms with van der Waals surface area (Å²) < 4.78 is 31.7. The molecule has 0 aliphatic heterocycles. The zero-order chi connectivity index (χ0) is 12.7. The smallest absolute Gasteiger partial charge is 0.129 e. The maximum atomic E-state index is 13.3. The van der Waals surface area contributed by atoms with E-state index in [0.29, 0.717) is 26.1 Å². The van der Waals surface area contributed by atoms with E-state index in [1.807, 2.05) is 6.92 Å². The molecular formula is C13H18F2O2. The van der Waals surface area contributed by atoms with Crippen LogP contribution < -0.4 is 0 Å². The highest BCUT2D eigenvalue weighted by Gasteiger charge is 2.13. The van der Waals surface area contributed by atoms with Gasteiger partial charge in [0.15, 0.2) is 0 Å². The van der Waals surface area contributed by atoms with Gasteiger partial charge in [0, 0.05) is 25.2 Å². The fraction of sp³-hybridized carbons (Fsp3) is 0.538. The molecule has 0 spiro atoms. The highest BCUT2D eigenvalue weighted by Crippen LogP contribution is 2.15. The summed E-state index contributed by atoms with van der Waals surface area (Å²) in [4.78, 5) is 0. The van der Waals surface area contributed by atoms with Crippen LogP contribution in [0.1, 0.15) is 25.3 Å². The van der Waals surface area contributed by atoms with Gasteiger partial charge in [0.2, 0.25) is 0 Å². The second kappa shape index (κ2) is 7.35. The minimum Gasteiger partial charge on any atom is -0.393 e. The summed E-state index contributed by atoms with van der Waals surface area (Å²) in [5.41, 5.74) is -0.0450. The van der Waals surface area contributed by atoms with Gasteiger partial charge in [-0.3, -0.25) is 0 Å². The first-order valence-corrected chi connectivity index (χ1v) is 5.83. The van der Waals surface area contributed by atoms with Gasteiger partial charge in [-0.1, -0.05) is 6.07 Å². The van der Waals surface area contributed by atoms with E-state index in [1.54, 1.807) is 0 Å². The third-order valence-electron chi connectivity index (χ3n) is 2.53. The van der Waals surface area contributed by atoms with E-state index in [4.69, 9.17) is 4.74 Å². The molecule has 0 aromatic heterocycles. The van der Waals surface area contributed by atoms with E-state index in [0.717, 1.165) is 0 Å². The molecule has 0 fully saturated rings. The molecule has 1 aromatic carbocycles. The highest BCUT2D eigenvalue weighted by molar-refractivity contribution is 5.20. The maximum Gasteiger partial charge on any atom is 0.129 e. The predicted molar refractivity (Wildman–Crippen MR) is 61.8 cm³/mol. The van der Waals surface area contributed by atoms with Crippen LogP contribution in [0.15, 0.2) is 18.2 Å². The molecule has 0 aliphatic carbocycles. The maximum absolute atomic E-state index is 13.3. The van der Waals surface area contributed by atoms with E-state index < -0.39 is 17.7 Å². The summed E-state index contributed by atoms with van der Waals surface area (Å²) in [5, 5.41) is 9.66. The van der Waals surface area contributed by atoms with Gasteiger partial charge in [0.1, 0.15) is 11.6 Å². The Hall–Kier alpha value is -1.00. The Labute approximate surface area is 100 Å². The first-order chi connectivity index (χ1) is 8.15. The van der Waals surface area contributed by atoms with Gasteiger partial charge in [-0.15, -0.1) is 0 Å². The molecule has 0 aliphatic rings. The summed E-state index contributed by atoms with van der Waals surface area (Å²) in [7, 11) is 0. The zero-order valence-corrected chi connectivity index (χ0v) is 9.96. The van der Waals surface area contributed by atoms with Crippen molar-refractivity contribution in [1.82, 2.24) is 0 Å². The van der Waals surface area contributed by atoms with Crippen LogP contribution in [-0.2, 0) is 11.2 Å². The minimum absolute atomic E-state index is 0.00459. The topological polar surface area (TPSA) is 29.5 Å². The monoisotopic (exact) mass is 244 g/mol. The van der Waals surface area contributed by atoms with Gasteiger partial charge in [-0.25, -0.2) is 8.78 Å². The molecule has 2 nitrogen and oxygen atoms in total. The number of rotatable bonds is 7. The summed E-state index contributed by atoms with van der Waals surface area (Å²) in [6.45, 7) is 3.09. The van der Waals surface area contributed by atoms with Crippen molar-refractivity contribution in [3.8, 4) is 0 Å². The molecule has 1 unspecified atom stereocenters. The van der Waals surface area contributed by atoms with Crippen molar-refractivity contribution in [3.05, 3.63) is 35.4 Å². The van der Waals surface area contributed by atoms with Gasteiger partial charge in [0.25, 0.3) is 0 Å². The normalized spacial score (nSPS) is 12.7. The lowest BCUT2D eigenvalue weighted by Gasteiger charge is -2.11. The SMILES string of the molecule is CCOCCCC(O)Cc1c(F)cccc1F. The van der Waals surface area contributed by atoms with Crippen LogP contribution in [0.4, 0.5) is 8.78 Å². The van der Waals surface area contributed by atoms with Crippen LogP contribution in [0.5, 0.6) is 0 Å². The number of benzene rings is 1. The fourth-order valence-corrected chi connectivity index (χ4v) is 1.63. The highest BCUT2D eigenvalue weighted by atomic mass is 19.1. The van der Waals surface area contributed by atoms with Crippen LogP contribution >= 0.6 is 0 Å². The number of hydrogen-bond acceptors (Lipinski definition) is 2. The van der Waals surface area contributed by atoms with E-state index in [2.05, 4.69) is 0 Å². The van der Waals surface area contributed by atoms with Crippen molar-refractivity contribution < 1.29 is 18.6 Å². The first-order valence-electron chi connectivity index (χ1n) is 5.83. The summed E-state index contributed by atoms with van der Waals surface area (Å²) in [5.74, 6) is -1.21. The average molecular weight is 244 g/mol. The van der Waals surface area contributed by atoms with Crippen molar-refractivity contribution in [1.29, 1.82) is 0 Å². The van der Waals surface area contributed by atoms with Crippen LogP contribution in [0.3, 0.4) is 0 Å². The molecule has 1 rings (SSSR count). The Bertz CT molecular complexity index is 322. The van der Waals surface area contributed by atoms with E-state index in [1.165, 1.54) is 18.2 Å². The largest absolute Gasteiger partial charge is 0.393 e. The van der Waals surface area contributed by atoms with Gasteiger partial charge >= 0.3 is 0 Å². The molecule has 0 saturated carbocycles. The molecule has 0 saturated heterocycles. The van der Waals surface area contributed by atoms with Crippen LogP contribution in [0.2, 0.25) is 0 Å². The Kier molecular flexibility index (Phi) is 6.08. The van der Waals surface area contributed by atoms with Gasteiger partial charge in [-0.05, 0) is 31.9 Å². The number of hydrogen-bond donors (Lipinski definition) is 1. The second-order valence-electron chi connectivity index (χ2n) is 3.90. The van der Waals surface area contributed by atoms with E-state index in [-0.39, 0.29) is 12.0 Å². The Morgan fingerprint density at radius 2 is 1.94 bits per heavy atom. The van der Waals surface area contributed by atoms with Crippen molar-refractivity contribution in [3.63, 3.8) is 0 Å². The molecule has 0 heterocycles. The molecular weight excluding hydrogens is 226 g/mol. The lowest BCUT2D eigenvalue weighted by molar-refractivity contribution is 0.113. The van der Waals surface area contributed by atoms with Crippen molar-refractivity contribution in [2.45, 2.75) is 32.3 Å². The third-order valence-corrected chi connectivity index (χ3v) is 2.53. The molecule has 0 amide bonds. The first kappa shape index (κ1) is 14.1. The number of halogens is 2. The molecule has 0 radical (unpaired) electrons. The van der Waals surface area contributed by atoms with Gasteiger partial charge < -0.3 is 9.84 Å². The standard InChI is InChI=1S/C13H18F2O2/c1-2-17-8-4-5-10(16)9-11-12(14)6-3-7-13(11)15/h3,6-7,10,16H,2,4-5,8-9H2,1H3. The van der Waals surface area contributed by atoms with Gasteiger partial charge in [0.05, 0.1) is 6.10 Å². The van der Waals surface area contributed by atoms with Crippen molar-refractivity contribution in [2.24, 2.45) is 0 Å². The molecule has 96 valence electrons. The van der Waals surface area contributed by atoms with Crippen LogP contribution in [-0.4, -0.2) is 24.4 Å². The molecule has 1 atom stereocenters. The Balaban J connectivity index is 2.42. The molecule has 4 heteroatoms. The number of aliphatic hydroxyl groups excluding tert-OH is 1. The summed E-state index contributed by atoms with van der Waals surface area (Å²) in [6.07, 6.45) is 0.436. The van der Waals surface area contributed by atoms with E-state index in [9.17, 15) is 13.9 Å². The number of ether oxygens (including phenoxy) is 1. The molecule has 17 heavy (non-hydrogen) atoms. The summed E-state index contributed by atoms with van der Waals surface area (Å²) >= 11 is 0. The third kappa shape index (κ3) is 4.79. The predicted octanol–water partition coefficient (Wildman–Crippen LogP) is 2.68. The van der Waals surface area contributed by atoms with Crippen LogP contribution in [0.25, 0.3) is 0 Å². The lowest BCUT2D eigenvalue weighted by Crippen LogP contribution is -2.14. The Morgan fingerprint density at radius 3 is 2.53 bits per heavy atom. The quantitative estimate of drug-likeness (QED) is 0.747. The molecule has 1 aromatic rings. The minimum atomic E-state index is -0.734. The Morgan fingerprint density at radius 1 is 1.29 bits per heavy atom. The summed E-state index contributed by atoms with van der Waals surface area (Å²) in [6, 6.07) is 3.71. The van der Waals surface area contributed by atoms with Crippen LogP contribution in [0, 0.1) is 11.6 Å².